The Morgan fingerprint density at radius 1 is 1.76 bits per heavy atom. The van der Waals surface area contributed by atoms with Crippen LogP contribution in [0, 0.1) is 0 Å². The van der Waals surface area contributed by atoms with E-state index in [-0.39, 0.29) is 16.2 Å². The van der Waals surface area contributed by atoms with Gasteiger partial charge in [-0.15, -0.1) is 0 Å². The van der Waals surface area contributed by atoms with Crippen LogP contribution in [0.3, 0.4) is 0 Å². The number of nitrogens with one attached hydrogen (secondary N) is 2. The summed E-state index contributed by atoms with van der Waals surface area (Å²) in [6.07, 6.45) is -7.75. The Morgan fingerprint density at radius 3 is 3.43 bits per heavy atom. The van der Waals surface area contributed by atoms with Gasteiger partial charge in [0.25, 0.3) is 0 Å². The van der Waals surface area contributed by atoms with Crippen LogP contribution in [0.15, 0.2) is 24.4 Å². The van der Waals surface area contributed by atoms with Gasteiger partial charge in [0.15, 0.2) is 2.82 Å². The lowest BCUT2D eigenvalue weighted by atomic mass is 10.0. The average molecular weight is 300 g/mol. The van der Waals surface area contributed by atoms with E-state index in [2.05, 4.69) is 4.74 Å². The van der Waals surface area contributed by atoms with Crippen molar-refractivity contribution in [1.29, 1.82) is 0 Å². The highest BCUT2D eigenvalue weighted by molar-refractivity contribution is 5.84. The highest BCUT2D eigenvalue weighted by Gasteiger charge is 2.22. The molecule has 2 aromatic rings. The number of hydrogen-bond acceptors (Lipinski definition) is 3. The van der Waals surface area contributed by atoms with Crippen LogP contribution in [0.1, 0.15) is 26.2 Å². The first kappa shape index (κ1) is 5.32. The molecule has 1 aliphatic heterocycles. The molecule has 21 heavy (non-hydrogen) atoms. The SMILES string of the molecule is [2H]c1c(C([2H])([2H])CN(C)C([2H])([2H])[2H])c2cc(C([2H])([2H])[C@]3([2H])N([2H])C(=O)OC3([2H])[2H])ccc2n1[2H]. The minimum Gasteiger partial charge on any atom is -0.447 e. The summed E-state index contributed by atoms with van der Waals surface area (Å²) in [5, 5.41) is -0.398. The fraction of sp³-hybridized carbons (Fsp3) is 0.438. The third kappa shape index (κ3) is 3.19. The first-order valence-electron chi connectivity index (χ1n) is 12.5. The van der Waals surface area contributed by atoms with Crippen molar-refractivity contribution in [3.8, 4) is 0 Å². The number of aromatic amines is 1. The molecule has 0 spiro atoms. The average Bonchev–Trinajstić information content (AvgIpc) is 3.03. The number of alkyl carbamates (subject to hydrolysis) is 1. The summed E-state index contributed by atoms with van der Waals surface area (Å²) in [6, 6.07) is 0.0395. The van der Waals surface area contributed by atoms with E-state index in [0.29, 0.717) is 4.98 Å². The fourth-order valence-corrected chi connectivity index (χ4v) is 1.84. The molecule has 1 saturated heterocycles. The zero-order chi connectivity index (χ0) is 26.2. The number of likely N-dealkylation sites (N-methyl/N-ethyl adjacent to an activating group) is 1. The van der Waals surface area contributed by atoms with Gasteiger partial charge in [0.1, 0.15) is 6.56 Å². The normalized spacial score (nSPS) is 35.6. The number of hydrogen-bond donors (Lipinski definition) is 2. The number of cyclic esters (lactones) is 1. The Hall–Kier alpha value is -2.01. The number of nitrogens with zero attached hydrogens (tertiary/aromatic N) is 1. The van der Waals surface area contributed by atoms with E-state index in [1.165, 1.54) is 0 Å². The van der Waals surface area contributed by atoms with Crippen LogP contribution in [0.5, 0.6) is 0 Å². The first-order valence-corrected chi connectivity index (χ1v) is 6.09. The summed E-state index contributed by atoms with van der Waals surface area (Å²) in [4.78, 5) is 13.1. The second kappa shape index (κ2) is 5.77. The van der Waals surface area contributed by atoms with E-state index in [1.54, 1.807) is 0 Å². The van der Waals surface area contributed by atoms with Crippen LogP contribution in [-0.2, 0) is 17.5 Å². The molecule has 0 bridgehead atoms. The molecule has 5 nitrogen and oxygen atoms in total. The number of ether oxygens (including phenoxy) is 1. The number of fused-ring (bicyclic) bond motifs is 1. The second-order valence-electron chi connectivity index (χ2n) is 4.42. The Bertz CT molecular complexity index is 1150. The number of aromatic nitrogens is 1. The van der Waals surface area contributed by atoms with Gasteiger partial charge < -0.3 is 19.9 Å². The van der Waals surface area contributed by atoms with Gasteiger partial charge in [0, 0.05) is 33.2 Å². The lowest BCUT2D eigenvalue weighted by Crippen LogP contribution is -2.28. The van der Waals surface area contributed by atoms with Crippen molar-refractivity contribution in [3.63, 3.8) is 0 Å². The van der Waals surface area contributed by atoms with Gasteiger partial charge >= 0.3 is 6.09 Å². The van der Waals surface area contributed by atoms with Crippen LogP contribution in [-0.4, -0.2) is 49.1 Å². The standard InChI is InChI=1S/C16H21N3O2/c1-19(2)6-5-12-9-17-15-4-3-11(8-14(12)15)7-13-10-21-16(20)18-13/h3-4,8-9,13,17H,5-7,10H2,1-2H3,(H,18,20)/t13-/m0/s1/i1D3,5D2,7D2,9D,10D2,13D/hD2. The minimum atomic E-state index is -3.23. The van der Waals surface area contributed by atoms with Crippen LogP contribution in [0.25, 0.3) is 10.9 Å². The molecule has 0 saturated carbocycles. The summed E-state index contributed by atoms with van der Waals surface area (Å²) >= 11 is 0. The van der Waals surface area contributed by atoms with Gasteiger partial charge in [-0.25, -0.2) is 4.79 Å². The topological polar surface area (TPSA) is 57.4 Å². The van der Waals surface area contributed by atoms with Gasteiger partial charge in [0.05, 0.1) is 11.5 Å². The maximum absolute atomic E-state index is 11.7. The molecule has 1 aromatic heterocycles. The lowest BCUT2D eigenvalue weighted by Gasteiger charge is -2.09. The fourth-order valence-electron chi connectivity index (χ4n) is 1.84. The molecule has 0 radical (unpaired) electrons. The molecule has 112 valence electrons. The van der Waals surface area contributed by atoms with Crippen molar-refractivity contribution in [2.24, 2.45) is 0 Å². The highest BCUT2D eigenvalue weighted by atomic mass is 16.6. The first-order chi connectivity index (χ1) is 15.2. The summed E-state index contributed by atoms with van der Waals surface area (Å²) in [7, 11) is 1.16. The monoisotopic (exact) mass is 300 g/mol. The van der Waals surface area contributed by atoms with Gasteiger partial charge in [-0.05, 0) is 50.0 Å². The van der Waals surface area contributed by atoms with Crippen molar-refractivity contribution >= 4 is 17.0 Å². The van der Waals surface area contributed by atoms with E-state index in [0.717, 1.165) is 30.1 Å². The van der Waals surface area contributed by atoms with E-state index in [4.69, 9.17) is 17.9 Å². The third-order valence-corrected chi connectivity index (χ3v) is 2.75. The van der Waals surface area contributed by atoms with Crippen LogP contribution in [0.2, 0.25) is 2.82 Å². The number of benzene rings is 1. The van der Waals surface area contributed by atoms with Crippen molar-refractivity contribution in [2.75, 3.05) is 27.1 Å². The molecule has 3 rings (SSSR count). The van der Waals surface area contributed by atoms with Crippen molar-refractivity contribution in [3.05, 3.63) is 35.5 Å². The van der Waals surface area contributed by atoms with Crippen molar-refractivity contribution < 1.29 is 27.4 Å². The molecule has 5 heteroatoms. The zero-order valence-corrected chi connectivity index (χ0v) is 11.1. The maximum atomic E-state index is 11.7. The molecule has 0 aliphatic carbocycles. The van der Waals surface area contributed by atoms with E-state index < -0.39 is 62.2 Å². The van der Waals surface area contributed by atoms with Gasteiger partial charge in [-0.2, -0.15) is 0 Å². The molecule has 1 atom stereocenters. The molecule has 1 amide bonds. The smallest absolute Gasteiger partial charge is 0.407 e. The number of rotatable bonds is 5. The number of amides is 1. The summed E-state index contributed by atoms with van der Waals surface area (Å²) in [6.45, 7) is -6.57. The summed E-state index contributed by atoms with van der Waals surface area (Å²) in [5.41, 5.74) is -0.875. The largest absolute Gasteiger partial charge is 0.447 e. The second-order valence-corrected chi connectivity index (χ2v) is 4.42. The number of H-pyrrole nitrogens is 1. The zero-order valence-electron chi connectivity index (χ0n) is 24.1. The Labute approximate surface area is 142 Å². The molecule has 0 unspecified atom stereocenters. The van der Waals surface area contributed by atoms with Crippen LogP contribution >= 0.6 is 0 Å². The molecule has 2 N–H and O–H groups in total. The van der Waals surface area contributed by atoms with Crippen LogP contribution < -0.4 is 5.31 Å². The molecular formula is C16H21N3O2. The number of carbonyl (C=O) groups excluding carboxylic acids is 1. The van der Waals surface area contributed by atoms with Gasteiger partial charge in [-0.1, -0.05) is 6.07 Å². The Morgan fingerprint density at radius 2 is 2.67 bits per heavy atom. The Kier molecular flexibility index (Phi) is 1.46. The predicted molar refractivity (Wildman–Crippen MR) is 82.5 cm³/mol. The van der Waals surface area contributed by atoms with E-state index in [1.807, 2.05) is 0 Å². The number of carbonyl (C=O) groups is 1. The Balaban J connectivity index is 2.21. The van der Waals surface area contributed by atoms with E-state index >= 15 is 0 Å². The molecule has 1 fully saturated rings. The summed E-state index contributed by atoms with van der Waals surface area (Å²) in [5.74, 6) is 0. The molecule has 1 aromatic carbocycles. The van der Waals surface area contributed by atoms with Crippen LogP contribution in [0.4, 0.5) is 4.79 Å². The molecule has 2 heterocycles. The summed E-state index contributed by atoms with van der Waals surface area (Å²) < 4.78 is 109. The van der Waals surface area contributed by atoms with Gasteiger partial charge in [0.2, 0.25) is 0 Å². The highest BCUT2D eigenvalue weighted by Crippen LogP contribution is 2.21. The lowest BCUT2D eigenvalue weighted by molar-refractivity contribution is 0.177. The minimum absolute atomic E-state index is 0.0246. The molecule has 1 aliphatic rings. The predicted octanol–water partition coefficient (Wildman–Crippen LogP) is 1.92. The molecular weight excluding hydrogens is 266 g/mol. The quantitative estimate of drug-likeness (QED) is 0.887. The van der Waals surface area contributed by atoms with E-state index in [9.17, 15) is 4.79 Å². The van der Waals surface area contributed by atoms with Crippen molar-refractivity contribution in [2.45, 2.75) is 18.8 Å². The van der Waals surface area contributed by atoms with Gasteiger partial charge in [-0.3, -0.25) is 0 Å². The van der Waals surface area contributed by atoms with Crippen molar-refractivity contribution in [1.82, 2.24) is 15.2 Å². The maximum Gasteiger partial charge on any atom is 0.407 e. The third-order valence-electron chi connectivity index (χ3n) is 2.75.